The van der Waals surface area contributed by atoms with Gasteiger partial charge in [0.1, 0.15) is 0 Å². The second-order valence-corrected chi connectivity index (χ2v) is 6.24. The van der Waals surface area contributed by atoms with E-state index in [2.05, 4.69) is 50.5 Å². The van der Waals surface area contributed by atoms with Gasteiger partial charge in [-0.1, -0.05) is 30.3 Å². The van der Waals surface area contributed by atoms with Crippen molar-refractivity contribution in [2.24, 2.45) is 0 Å². The SMILES string of the molecule is Cc1cnc(C(=O)NC2CCN(CCc3ccccc3)CC2)[nH]1. The number of nitrogens with zero attached hydrogens (tertiary/aromatic N) is 2. The van der Waals surface area contributed by atoms with Crippen LogP contribution in [0.25, 0.3) is 0 Å². The molecule has 0 aliphatic carbocycles. The third-order valence-corrected chi connectivity index (χ3v) is 4.40. The first-order valence-electron chi connectivity index (χ1n) is 8.29. The molecule has 0 radical (unpaired) electrons. The third kappa shape index (κ3) is 4.42. The molecule has 23 heavy (non-hydrogen) atoms. The van der Waals surface area contributed by atoms with Crippen molar-refractivity contribution in [3.63, 3.8) is 0 Å². The normalized spacial score (nSPS) is 16.4. The quantitative estimate of drug-likeness (QED) is 0.889. The van der Waals surface area contributed by atoms with Crippen LogP contribution in [0.1, 0.15) is 34.7 Å². The Hall–Kier alpha value is -2.14. The van der Waals surface area contributed by atoms with Crippen LogP contribution < -0.4 is 5.32 Å². The van der Waals surface area contributed by atoms with E-state index in [1.54, 1.807) is 6.20 Å². The van der Waals surface area contributed by atoms with Crippen LogP contribution in [-0.4, -0.2) is 46.5 Å². The van der Waals surface area contributed by atoms with Gasteiger partial charge < -0.3 is 15.2 Å². The number of benzene rings is 1. The summed E-state index contributed by atoms with van der Waals surface area (Å²) < 4.78 is 0. The molecule has 1 amide bonds. The Morgan fingerprint density at radius 3 is 2.70 bits per heavy atom. The summed E-state index contributed by atoms with van der Waals surface area (Å²) in [5.41, 5.74) is 2.29. The largest absolute Gasteiger partial charge is 0.347 e. The van der Waals surface area contributed by atoms with Gasteiger partial charge in [-0.15, -0.1) is 0 Å². The molecular formula is C18H24N4O. The van der Waals surface area contributed by atoms with Gasteiger partial charge in [0.05, 0.1) is 0 Å². The van der Waals surface area contributed by atoms with E-state index in [1.807, 2.05) is 6.92 Å². The molecule has 0 unspecified atom stereocenters. The van der Waals surface area contributed by atoms with Gasteiger partial charge >= 0.3 is 0 Å². The van der Waals surface area contributed by atoms with Gasteiger partial charge in [-0.25, -0.2) is 4.98 Å². The average Bonchev–Trinajstić information content (AvgIpc) is 3.02. The molecule has 3 rings (SSSR count). The summed E-state index contributed by atoms with van der Waals surface area (Å²) in [5.74, 6) is 0.315. The molecule has 2 N–H and O–H groups in total. The third-order valence-electron chi connectivity index (χ3n) is 4.40. The van der Waals surface area contributed by atoms with E-state index < -0.39 is 0 Å². The number of likely N-dealkylation sites (tertiary alicyclic amines) is 1. The Labute approximate surface area is 137 Å². The van der Waals surface area contributed by atoms with Gasteiger partial charge in [0, 0.05) is 37.6 Å². The molecule has 1 aromatic heterocycles. The van der Waals surface area contributed by atoms with Gasteiger partial charge in [-0.2, -0.15) is 0 Å². The van der Waals surface area contributed by atoms with Crippen molar-refractivity contribution in [2.75, 3.05) is 19.6 Å². The summed E-state index contributed by atoms with van der Waals surface area (Å²) in [6, 6.07) is 10.8. The van der Waals surface area contributed by atoms with Crippen molar-refractivity contribution < 1.29 is 4.79 Å². The number of hydrogen-bond donors (Lipinski definition) is 2. The maximum absolute atomic E-state index is 12.1. The number of aromatic nitrogens is 2. The Balaban J connectivity index is 1.41. The number of carbonyl (C=O) groups excluding carboxylic acids is 1. The summed E-state index contributed by atoms with van der Waals surface area (Å²) in [5, 5.41) is 3.08. The molecule has 0 spiro atoms. The van der Waals surface area contributed by atoms with E-state index >= 15 is 0 Å². The lowest BCUT2D eigenvalue weighted by molar-refractivity contribution is 0.0902. The Morgan fingerprint density at radius 2 is 2.04 bits per heavy atom. The molecule has 1 aromatic carbocycles. The Bertz CT molecular complexity index is 629. The number of nitrogens with one attached hydrogen (secondary N) is 2. The molecular weight excluding hydrogens is 288 g/mol. The molecule has 5 nitrogen and oxygen atoms in total. The molecule has 1 aliphatic rings. The minimum Gasteiger partial charge on any atom is -0.347 e. The lowest BCUT2D eigenvalue weighted by Crippen LogP contribution is -2.45. The van der Waals surface area contributed by atoms with E-state index in [0.29, 0.717) is 5.82 Å². The van der Waals surface area contributed by atoms with E-state index in [1.165, 1.54) is 5.56 Å². The molecule has 0 bridgehead atoms. The molecule has 1 aliphatic heterocycles. The first kappa shape index (κ1) is 15.7. The fraction of sp³-hybridized carbons (Fsp3) is 0.444. The first-order valence-corrected chi connectivity index (χ1v) is 8.29. The van der Waals surface area contributed by atoms with E-state index in [9.17, 15) is 4.79 Å². The minimum absolute atomic E-state index is 0.0964. The summed E-state index contributed by atoms with van der Waals surface area (Å²) in [7, 11) is 0. The van der Waals surface area contributed by atoms with E-state index in [4.69, 9.17) is 0 Å². The van der Waals surface area contributed by atoms with Crippen LogP contribution >= 0.6 is 0 Å². The topological polar surface area (TPSA) is 61.0 Å². The Morgan fingerprint density at radius 1 is 1.30 bits per heavy atom. The molecule has 5 heteroatoms. The number of aromatic amines is 1. The summed E-state index contributed by atoms with van der Waals surface area (Å²) in [6.07, 6.45) is 4.77. The maximum atomic E-state index is 12.1. The van der Waals surface area contributed by atoms with Crippen LogP contribution in [0.2, 0.25) is 0 Å². The van der Waals surface area contributed by atoms with Crippen LogP contribution in [-0.2, 0) is 6.42 Å². The number of aryl methyl sites for hydroxylation is 1. The molecule has 0 atom stereocenters. The second-order valence-electron chi connectivity index (χ2n) is 6.24. The zero-order valence-corrected chi connectivity index (χ0v) is 13.6. The standard InChI is InChI=1S/C18H24N4O/c1-14-13-19-17(20-14)18(23)21-16-8-11-22(12-9-16)10-7-15-5-3-2-4-6-15/h2-6,13,16H,7-12H2,1H3,(H,19,20)(H,21,23). The summed E-state index contributed by atoms with van der Waals surface area (Å²) in [4.78, 5) is 21.6. The van der Waals surface area contributed by atoms with Crippen LogP contribution in [0.3, 0.4) is 0 Å². The highest BCUT2D eigenvalue weighted by molar-refractivity contribution is 5.90. The molecule has 0 saturated carbocycles. The monoisotopic (exact) mass is 312 g/mol. The van der Waals surface area contributed by atoms with Crippen LogP contribution in [0.5, 0.6) is 0 Å². The summed E-state index contributed by atoms with van der Waals surface area (Å²) >= 11 is 0. The first-order chi connectivity index (χ1) is 11.2. The van der Waals surface area contributed by atoms with Crippen molar-refractivity contribution in [3.8, 4) is 0 Å². The lowest BCUT2D eigenvalue weighted by atomic mass is 10.0. The molecule has 2 aromatic rings. The number of amides is 1. The van der Waals surface area contributed by atoms with Crippen molar-refractivity contribution in [2.45, 2.75) is 32.2 Å². The number of carbonyl (C=O) groups is 1. The van der Waals surface area contributed by atoms with Crippen molar-refractivity contribution in [1.82, 2.24) is 20.2 Å². The van der Waals surface area contributed by atoms with Gasteiger partial charge in [-0.3, -0.25) is 4.79 Å². The zero-order valence-electron chi connectivity index (χ0n) is 13.6. The highest BCUT2D eigenvalue weighted by Gasteiger charge is 2.21. The van der Waals surface area contributed by atoms with Crippen LogP contribution in [0.4, 0.5) is 0 Å². The number of rotatable bonds is 5. The van der Waals surface area contributed by atoms with Crippen LogP contribution in [0.15, 0.2) is 36.5 Å². The fourth-order valence-corrected chi connectivity index (χ4v) is 3.01. The lowest BCUT2D eigenvalue weighted by Gasteiger charge is -2.32. The van der Waals surface area contributed by atoms with E-state index in [0.717, 1.165) is 44.6 Å². The predicted molar refractivity (Wildman–Crippen MR) is 90.4 cm³/mol. The van der Waals surface area contributed by atoms with E-state index in [-0.39, 0.29) is 11.9 Å². The van der Waals surface area contributed by atoms with Gasteiger partial charge in [0.2, 0.25) is 0 Å². The Kier molecular flexibility index (Phi) is 5.08. The predicted octanol–water partition coefficient (Wildman–Crippen LogP) is 2.16. The van der Waals surface area contributed by atoms with Crippen LogP contribution in [0, 0.1) is 6.92 Å². The zero-order chi connectivity index (χ0) is 16.1. The van der Waals surface area contributed by atoms with Gasteiger partial charge in [0.15, 0.2) is 5.82 Å². The van der Waals surface area contributed by atoms with Crippen molar-refractivity contribution in [3.05, 3.63) is 53.6 Å². The second kappa shape index (κ2) is 7.42. The highest BCUT2D eigenvalue weighted by Crippen LogP contribution is 2.12. The van der Waals surface area contributed by atoms with Gasteiger partial charge in [0.25, 0.3) is 5.91 Å². The average molecular weight is 312 g/mol. The smallest absolute Gasteiger partial charge is 0.287 e. The number of imidazole rings is 1. The van der Waals surface area contributed by atoms with Crippen molar-refractivity contribution >= 4 is 5.91 Å². The molecule has 1 fully saturated rings. The molecule has 2 heterocycles. The molecule has 1 saturated heterocycles. The maximum Gasteiger partial charge on any atom is 0.287 e. The fourth-order valence-electron chi connectivity index (χ4n) is 3.01. The minimum atomic E-state index is -0.0964. The highest BCUT2D eigenvalue weighted by atomic mass is 16.2. The molecule has 122 valence electrons. The summed E-state index contributed by atoms with van der Waals surface area (Å²) in [6.45, 7) is 5.06. The van der Waals surface area contributed by atoms with Gasteiger partial charge in [-0.05, 0) is 31.7 Å². The van der Waals surface area contributed by atoms with Crippen molar-refractivity contribution in [1.29, 1.82) is 0 Å². The number of H-pyrrole nitrogens is 1. The number of piperidine rings is 1. The number of hydrogen-bond acceptors (Lipinski definition) is 3.